The Morgan fingerprint density at radius 3 is 2.36 bits per heavy atom. The first-order chi connectivity index (χ1) is 6.25. The zero-order chi connectivity index (χ0) is 9.26. The molecule has 0 saturated heterocycles. The second kappa shape index (κ2) is 4.67. The molecule has 1 atom stereocenters. The fraction of sp³-hybridized carbons (Fsp3) is 0.455. The molecule has 0 heterocycles. The molecule has 14 heavy (non-hydrogen) atoms. The summed E-state index contributed by atoms with van der Waals surface area (Å²) in [5.41, 5.74) is 7.13. The molecule has 0 unspecified atom stereocenters. The predicted molar refractivity (Wildman–Crippen MR) is 59.6 cm³/mol. The lowest BCUT2D eigenvalue weighted by Gasteiger charge is -2.10. The summed E-state index contributed by atoms with van der Waals surface area (Å²) in [7, 11) is 0. The summed E-state index contributed by atoms with van der Waals surface area (Å²) >= 11 is 0. The number of hydrogen-bond donors (Lipinski definition) is 2. The van der Waals surface area contributed by atoms with Gasteiger partial charge in [-0.1, -0.05) is 25.0 Å². The Labute approximate surface area is 90.5 Å². The minimum atomic E-state index is 0. The lowest BCUT2D eigenvalue weighted by atomic mass is 10.0. The third-order valence-corrected chi connectivity index (χ3v) is 2.61. The fourth-order valence-corrected chi connectivity index (χ4v) is 1.57. The van der Waals surface area contributed by atoms with E-state index in [2.05, 4.69) is 0 Å². The molecule has 3 N–H and O–H groups in total. The van der Waals surface area contributed by atoms with Crippen molar-refractivity contribution in [3.8, 4) is 5.75 Å². The minimum absolute atomic E-state index is 0. The Balaban J connectivity index is 0.000000980. The van der Waals surface area contributed by atoms with E-state index in [-0.39, 0.29) is 18.4 Å². The van der Waals surface area contributed by atoms with Gasteiger partial charge in [0.05, 0.1) is 0 Å². The molecule has 2 nitrogen and oxygen atoms in total. The van der Waals surface area contributed by atoms with Crippen molar-refractivity contribution in [3.63, 3.8) is 0 Å². The van der Waals surface area contributed by atoms with Crippen molar-refractivity contribution < 1.29 is 5.11 Å². The van der Waals surface area contributed by atoms with Gasteiger partial charge in [0.15, 0.2) is 0 Å². The smallest absolute Gasteiger partial charge is 0.115 e. The Hall–Kier alpha value is -0.730. The first-order valence-corrected chi connectivity index (χ1v) is 4.80. The molecule has 0 spiro atoms. The van der Waals surface area contributed by atoms with Gasteiger partial charge in [0, 0.05) is 6.04 Å². The van der Waals surface area contributed by atoms with E-state index in [4.69, 9.17) is 10.8 Å². The van der Waals surface area contributed by atoms with E-state index in [9.17, 15) is 0 Å². The molecule has 0 aromatic heterocycles. The van der Waals surface area contributed by atoms with E-state index < -0.39 is 0 Å². The summed E-state index contributed by atoms with van der Waals surface area (Å²) in [6, 6.07) is 7.35. The molecule has 1 fully saturated rings. The number of halogens is 1. The lowest BCUT2D eigenvalue weighted by Crippen LogP contribution is -2.10. The highest BCUT2D eigenvalue weighted by Gasteiger charge is 2.24. The highest BCUT2D eigenvalue weighted by molar-refractivity contribution is 5.85. The zero-order valence-electron chi connectivity index (χ0n) is 8.02. The maximum atomic E-state index is 9.09. The minimum Gasteiger partial charge on any atom is -0.508 e. The van der Waals surface area contributed by atoms with Gasteiger partial charge in [-0.05, 0) is 30.0 Å². The molecule has 1 aromatic rings. The predicted octanol–water partition coefficient (Wildman–Crippen LogP) is 2.61. The summed E-state index contributed by atoms with van der Waals surface area (Å²) in [5.74, 6) is 1.16. The molecule has 0 amide bonds. The van der Waals surface area contributed by atoms with Crippen LogP contribution in [0.15, 0.2) is 24.3 Å². The highest BCUT2D eigenvalue weighted by atomic mass is 35.5. The molecule has 0 bridgehead atoms. The highest BCUT2D eigenvalue weighted by Crippen LogP contribution is 2.36. The molecule has 1 aliphatic rings. The molecule has 1 aromatic carbocycles. The summed E-state index contributed by atoms with van der Waals surface area (Å²) in [6.07, 6.45) is 3.77. The van der Waals surface area contributed by atoms with Crippen molar-refractivity contribution in [1.29, 1.82) is 0 Å². The topological polar surface area (TPSA) is 46.2 Å². The summed E-state index contributed by atoms with van der Waals surface area (Å²) in [4.78, 5) is 0. The Bertz CT molecular complexity index is 282. The van der Waals surface area contributed by atoms with E-state index in [1.54, 1.807) is 12.1 Å². The van der Waals surface area contributed by atoms with Crippen LogP contribution in [0.4, 0.5) is 0 Å². The Morgan fingerprint density at radius 2 is 1.86 bits per heavy atom. The molecule has 1 saturated carbocycles. The van der Waals surface area contributed by atoms with Gasteiger partial charge >= 0.3 is 0 Å². The number of aromatic hydroxyl groups is 1. The molecule has 0 radical (unpaired) electrons. The second-order valence-corrected chi connectivity index (χ2v) is 3.88. The monoisotopic (exact) mass is 213 g/mol. The van der Waals surface area contributed by atoms with Gasteiger partial charge < -0.3 is 10.8 Å². The van der Waals surface area contributed by atoms with Gasteiger partial charge in [-0.15, -0.1) is 12.4 Å². The number of benzene rings is 1. The number of nitrogens with two attached hydrogens (primary N) is 1. The van der Waals surface area contributed by atoms with Crippen molar-refractivity contribution in [3.05, 3.63) is 29.8 Å². The van der Waals surface area contributed by atoms with Crippen LogP contribution in [0.2, 0.25) is 0 Å². The number of phenolic OH excluding ortho intramolecular Hbond substituents is 1. The van der Waals surface area contributed by atoms with Crippen LogP contribution in [-0.2, 0) is 0 Å². The van der Waals surface area contributed by atoms with Crippen LogP contribution in [0.3, 0.4) is 0 Å². The Morgan fingerprint density at radius 1 is 1.29 bits per heavy atom. The van der Waals surface area contributed by atoms with E-state index in [1.807, 2.05) is 12.1 Å². The number of rotatable bonds is 3. The molecular formula is C11H16ClNO. The van der Waals surface area contributed by atoms with E-state index in [0.717, 1.165) is 17.9 Å². The van der Waals surface area contributed by atoms with Crippen LogP contribution in [-0.4, -0.2) is 5.11 Å². The van der Waals surface area contributed by atoms with Crippen LogP contribution in [0.25, 0.3) is 0 Å². The number of phenols is 1. The third kappa shape index (κ3) is 2.89. The van der Waals surface area contributed by atoms with Crippen molar-refractivity contribution in [2.75, 3.05) is 0 Å². The number of hydrogen-bond acceptors (Lipinski definition) is 2. The molecule has 1 aliphatic carbocycles. The quantitative estimate of drug-likeness (QED) is 0.811. The van der Waals surface area contributed by atoms with Gasteiger partial charge in [0.25, 0.3) is 0 Å². The Kier molecular flexibility index (Phi) is 3.78. The van der Waals surface area contributed by atoms with Crippen LogP contribution in [0.1, 0.15) is 30.9 Å². The van der Waals surface area contributed by atoms with Crippen LogP contribution >= 0.6 is 12.4 Å². The standard InChI is InChI=1S/C11H15NO.ClH/c12-11(7-8-1-2-8)9-3-5-10(13)6-4-9;/h3-6,8,11,13H,1-2,7,12H2;1H/t11-;/m0./s1. The first kappa shape index (κ1) is 11.3. The van der Waals surface area contributed by atoms with Crippen molar-refractivity contribution in [2.24, 2.45) is 11.7 Å². The molecule has 3 heteroatoms. The first-order valence-electron chi connectivity index (χ1n) is 4.80. The maximum absolute atomic E-state index is 9.09. The summed E-state index contributed by atoms with van der Waals surface area (Å²) in [5, 5.41) is 9.09. The van der Waals surface area contributed by atoms with Crippen LogP contribution in [0.5, 0.6) is 5.75 Å². The lowest BCUT2D eigenvalue weighted by molar-refractivity contribution is 0.474. The van der Waals surface area contributed by atoms with E-state index in [1.165, 1.54) is 12.8 Å². The van der Waals surface area contributed by atoms with Crippen LogP contribution < -0.4 is 5.73 Å². The SMILES string of the molecule is Cl.N[C@@H](CC1CC1)c1ccc(O)cc1. The average molecular weight is 214 g/mol. The second-order valence-electron chi connectivity index (χ2n) is 3.88. The zero-order valence-corrected chi connectivity index (χ0v) is 8.83. The van der Waals surface area contributed by atoms with E-state index in [0.29, 0.717) is 5.75 Å². The fourth-order valence-electron chi connectivity index (χ4n) is 1.57. The summed E-state index contributed by atoms with van der Waals surface area (Å²) < 4.78 is 0. The van der Waals surface area contributed by atoms with E-state index >= 15 is 0 Å². The van der Waals surface area contributed by atoms with Gasteiger partial charge in [0.2, 0.25) is 0 Å². The maximum Gasteiger partial charge on any atom is 0.115 e. The molecule has 0 aliphatic heterocycles. The normalized spacial score (nSPS) is 17.2. The average Bonchev–Trinajstić information content (AvgIpc) is 2.89. The van der Waals surface area contributed by atoms with Gasteiger partial charge in [-0.3, -0.25) is 0 Å². The summed E-state index contributed by atoms with van der Waals surface area (Å²) in [6.45, 7) is 0. The molecule has 78 valence electrons. The molecular weight excluding hydrogens is 198 g/mol. The van der Waals surface area contributed by atoms with Crippen LogP contribution in [0, 0.1) is 5.92 Å². The third-order valence-electron chi connectivity index (χ3n) is 2.61. The molecule has 2 rings (SSSR count). The van der Waals surface area contributed by atoms with Crippen molar-refractivity contribution in [1.82, 2.24) is 0 Å². The van der Waals surface area contributed by atoms with Crippen molar-refractivity contribution in [2.45, 2.75) is 25.3 Å². The van der Waals surface area contributed by atoms with Gasteiger partial charge in [-0.25, -0.2) is 0 Å². The largest absolute Gasteiger partial charge is 0.508 e. The van der Waals surface area contributed by atoms with Crippen molar-refractivity contribution >= 4 is 12.4 Å². The van der Waals surface area contributed by atoms with Gasteiger partial charge in [0.1, 0.15) is 5.75 Å². The van der Waals surface area contributed by atoms with Gasteiger partial charge in [-0.2, -0.15) is 0 Å².